The van der Waals surface area contributed by atoms with Gasteiger partial charge in [-0.1, -0.05) is 27.2 Å². The Bertz CT molecular complexity index is 249. The van der Waals surface area contributed by atoms with Gasteiger partial charge in [0.05, 0.1) is 0 Å². The minimum absolute atomic E-state index is 0.312. The molecular formula is C15H32N2O2. The molecule has 2 atom stereocenters. The maximum Gasteiger partial charge on any atom is 0.407 e. The molecule has 2 unspecified atom stereocenters. The Morgan fingerprint density at radius 2 is 1.84 bits per heavy atom. The van der Waals surface area contributed by atoms with Crippen molar-refractivity contribution in [1.29, 1.82) is 0 Å². The molecule has 0 aromatic heterocycles. The first kappa shape index (κ1) is 18.2. The van der Waals surface area contributed by atoms with Gasteiger partial charge < -0.3 is 15.4 Å². The van der Waals surface area contributed by atoms with E-state index in [4.69, 9.17) is 4.74 Å². The third-order valence-electron chi connectivity index (χ3n) is 2.92. The van der Waals surface area contributed by atoms with Crippen molar-refractivity contribution in [2.75, 3.05) is 13.1 Å². The topological polar surface area (TPSA) is 50.4 Å². The van der Waals surface area contributed by atoms with E-state index in [1.807, 2.05) is 20.8 Å². The molecule has 0 aromatic rings. The van der Waals surface area contributed by atoms with E-state index in [1.165, 1.54) is 12.8 Å². The summed E-state index contributed by atoms with van der Waals surface area (Å²) >= 11 is 0. The van der Waals surface area contributed by atoms with E-state index >= 15 is 0 Å². The van der Waals surface area contributed by atoms with Gasteiger partial charge in [-0.15, -0.1) is 0 Å². The molecule has 0 heterocycles. The number of hydrogen-bond donors (Lipinski definition) is 2. The Morgan fingerprint density at radius 1 is 1.21 bits per heavy atom. The van der Waals surface area contributed by atoms with E-state index in [9.17, 15) is 4.79 Å². The van der Waals surface area contributed by atoms with Gasteiger partial charge in [0.25, 0.3) is 0 Å². The van der Waals surface area contributed by atoms with Crippen LogP contribution in [0.25, 0.3) is 0 Å². The minimum atomic E-state index is -0.436. The molecule has 0 aliphatic carbocycles. The summed E-state index contributed by atoms with van der Waals surface area (Å²) in [5.41, 5.74) is -0.436. The van der Waals surface area contributed by atoms with Gasteiger partial charge in [-0.3, -0.25) is 0 Å². The molecule has 0 radical (unpaired) electrons. The maximum atomic E-state index is 11.6. The highest BCUT2D eigenvalue weighted by molar-refractivity contribution is 5.67. The smallest absolute Gasteiger partial charge is 0.407 e. The molecule has 114 valence electrons. The van der Waals surface area contributed by atoms with Crippen molar-refractivity contribution in [2.45, 2.75) is 72.4 Å². The Kier molecular flexibility index (Phi) is 8.81. The van der Waals surface area contributed by atoms with Crippen LogP contribution in [0.5, 0.6) is 0 Å². The highest BCUT2D eigenvalue weighted by atomic mass is 16.6. The summed E-state index contributed by atoms with van der Waals surface area (Å²) in [5, 5.41) is 6.32. The molecule has 19 heavy (non-hydrogen) atoms. The molecule has 1 amide bonds. The lowest BCUT2D eigenvalue weighted by Gasteiger charge is -2.23. The predicted octanol–water partition coefficient (Wildman–Crippen LogP) is 3.32. The Hall–Kier alpha value is -0.770. The second-order valence-corrected chi connectivity index (χ2v) is 6.29. The normalized spacial score (nSPS) is 14.8. The van der Waals surface area contributed by atoms with Crippen molar-refractivity contribution in [2.24, 2.45) is 5.92 Å². The highest BCUT2D eigenvalue weighted by Crippen LogP contribution is 2.07. The van der Waals surface area contributed by atoms with Crippen molar-refractivity contribution in [3.8, 4) is 0 Å². The van der Waals surface area contributed by atoms with Crippen LogP contribution in [-0.4, -0.2) is 30.8 Å². The van der Waals surface area contributed by atoms with E-state index in [-0.39, 0.29) is 6.09 Å². The van der Waals surface area contributed by atoms with E-state index in [0.717, 1.165) is 13.0 Å². The van der Waals surface area contributed by atoms with Crippen LogP contribution in [0.15, 0.2) is 0 Å². The van der Waals surface area contributed by atoms with Crippen LogP contribution in [0.4, 0.5) is 4.79 Å². The van der Waals surface area contributed by atoms with Crippen molar-refractivity contribution in [3.63, 3.8) is 0 Å². The number of nitrogens with one attached hydrogen (secondary N) is 2. The number of amides is 1. The number of carbonyl (C=O) groups excluding carboxylic acids is 1. The fourth-order valence-corrected chi connectivity index (χ4v) is 1.84. The van der Waals surface area contributed by atoms with Gasteiger partial charge in [-0.25, -0.2) is 4.79 Å². The lowest BCUT2D eigenvalue weighted by atomic mass is 10.1. The van der Waals surface area contributed by atoms with Gasteiger partial charge >= 0.3 is 6.09 Å². The van der Waals surface area contributed by atoms with E-state index in [1.54, 1.807) is 0 Å². The quantitative estimate of drug-likeness (QED) is 0.712. The molecule has 0 saturated heterocycles. The van der Waals surface area contributed by atoms with Crippen LogP contribution in [0.2, 0.25) is 0 Å². The summed E-state index contributed by atoms with van der Waals surface area (Å²) < 4.78 is 5.22. The molecule has 0 spiro atoms. The predicted molar refractivity (Wildman–Crippen MR) is 80.4 cm³/mol. The molecule has 0 saturated carbocycles. The zero-order valence-electron chi connectivity index (χ0n) is 13.5. The largest absolute Gasteiger partial charge is 0.444 e. The number of rotatable bonds is 8. The fraction of sp³-hybridized carbons (Fsp3) is 0.933. The summed E-state index contributed by atoms with van der Waals surface area (Å²) in [6.45, 7) is 13.8. The molecule has 4 heteroatoms. The molecule has 0 aliphatic rings. The van der Waals surface area contributed by atoms with Gasteiger partial charge in [-0.2, -0.15) is 0 Å². The summed E-state index contributed by atoms with van der Waals surface area (Å²) in [6, 6.07) is 0.312. The van der Waals surface area contributed by atoms with Gasteiger partial charge in [0.1, 0.15) is 5.60 Å². The van der Waals surface area contributed by atoms with Crippen LogP contribution < -0.4 is 10.6 Å². The summed E-state index contributed by atoms with van der Waals surface area (Å²) in [6.07, 6.45) is 3.11. The SMILES string of the molecule is CCCC(C)CNC(CC)CNC(=O)OC(C)(C)C. The molecule has 0 fully saturated rings. The fourth-order valence-electron chi connectivity index (χ4n) is 1.84. The van der Waals surface area contributed by atoms with E-state index < -0.39 is 5.60 Å². The first-order valence-corrected chi connectivity index (χ1v) is 7.48. The lowest BCUT2D eigenvalue weighted by molar-refractivity contribution is 0.0522. The zero-order chi connectivity index (χ0) is 14.9. The summed E-state index contributed by atoms with van der Waals surface area (Å²) in [7, 11) is 0. The van der Waals surface area contributed by atoms with Crippen molar-refractivity contribution in [3.05, 3.63) is 0 Å². The molecular weight excluding hydrogens is 240 g/mol. The molecule has 0 rings (SSSR count). The van der Waals surface area contributed by atoms with Crippen LogP contribution in [-0.2, 0) is 4.74 Å². The average molecular weight is 272 g/mol. The van der Waals surface area contributed by atoms with Crippen molar-refractivity contribution >= 4 is 6.09 Å². The summed E-state index contributed by atoms with van der Waals surface area (Å²) in [4.78, 5) is 11.6. The van der Waals surface area contributed by atoms with Gasteiger partial charge in [0.15, 0.2) is 0 Å². The van der Waals surface area contributed by atoms with E-state index in [2.05, 4.69) is 31.4 Å². The van der Waals surface area contributed by atoms with Gasteiger partial charge in [-0.05, 0) is 46.1 Å². The number of alkyl carbamates (subject to hydrolysis) is 1. The standard InChI is InChI=1S/C15H32N2O2/c1-7-9-12(3)10-16-13(8-2)11-17-14(18)19-15(4,5)6/h12-13,16H,7-11H2,1-6H3,(H,17,18). The molecule has 2 N–H and O–H groups in total. The van der Waals surface area contributed by atoms with Crippen molar-refractivity contribution < 1.29 is 9.53 Å². The van der Waals surface area contributed by atoms with Crippen LogP contribution in [0.3, 0.4) is 0 Å². The molecule has 0 bridgehead atoms. The third-order valence-corrected chi connectivity index (χ3v) is 2.92. The number of carbonyl (C=O) groups is 1. The molecule has 0 aliphatic heterocycles. The molecule has 4 nitrogen and oxygen atoms in total. The second-order valence-electron chi connectivity index (χ2n) is 6.29. The maximum absolute atomic E-state index is 11.6. The first-order chi connectivity index (χ1) is 8.78. The van der Waals surface area contributed by atoms with Crippen LogP contribution in [0.1, 0.15) is 60.8 Å². The lowest BCUT2D eigenvalue weighted by Crippen LogP contribution is -2.43. The minimum Gasteiger partial charge on any atom is -0.444 e. The van der Waals surface area contributed by atoms with Crippen LogP contribution >= 0.6 is 0 Å². The monoisotopic (exact) mass is 272 g/mol. The molecule has 0 aromatic carbocycles. The van der Waals surface area contributed by atoms with Crippen LogP contribution in [0, 0.1) is 5.92 Å². The second kappa shape index (κ2) is 9.18. The third kappa shape index (κ3) is 10.8. The first-order valence-electron chi connectivity index (χ1n) is 7.48. The van der Waals surface area contributed by atoms with Crippen molar-refractivity contribution in [1.82, 2.24) is 10.6 Å². The van der Waals surface area contributed by atoms with E-state index in [0.29, 0.717) is 18.5 Å². The Balaban J connectivity index is 3.90. The summed E-state index contributed by atoms with van der Waals surface area (Å²) in [5.74, 6) is 0.681. The average Bonchev–Trinajstić information content (AvgIpc) is 2.27. The number of hydrogen-bond acceptors (Lipinski definition) is 3. The highest BCUT2D eigenvalue weighted by Gasteiger charge is 2.17. The Morgan fingerprint density at radius 3 is 2.32 bits per heavy atom. The van der Waals surface area contributed by atoms with Gasteiger partial charge in [0.2, 0.25) is 0 Å². The van der Waals surface area contributed by atoms with Gasteiger partial charge in [0, 0.05) is 12.6 Å². The zero-order valence-corrected chi connectivity index (χ0v) is 13.5. The number of ether oxygens (including phenoxy) is 1. The Labute approximate surface area is 118 Å².